The molecule has 0 unspecified atom stereocenters. The fourth-order valence-corrected chi connectivity index (χ4v) is 2.25. The van der Waals surface area contributed by atoms with Crippen LogP contribution in [-0.2, 0) is 9.53 Å². The predicted octanol–water partition coefficient (Wildman–Crippen LogP) is 2.79. The minimum absolute atomic E-state index is 0.264. The second-order valence-electron chi connectivity index (χ2n) is 4.54. The molecule has 2 rings (SSSR count). The van der Waals surface area contributed by atoms with Crippen molar-refractivity contribution >= 4 is 5.97 Å². The number of carbonyl (C=O) groups is 1. The molecule has 2 heterocycles. The lowest BCUT2D eigenvalue weighted by Gasteiger charge is -2.19. The summed E-state index contributed by atoms with van der Waals surface area (Å²) < 4.78 is 5.23. The molecule has 0 atom stereocenters. The molecule has 0 aromatic carbocycles. The second-order valence-corrected chi connectivity index (χ2v) is 4.54. The van der Waals surface area contributed by atoms with Crippen LogP contribution in [0, 0.1) is 13.8 Å². The van der Waals surface area contributed by atoms with Crippen molar-refractivity contribution in [3.05, 3.63) is 59.2 Å². The van der Waals surface area contributed by atoms with E-state index >= 15 is 0 Å². The first kappa shape index (κ1) is 14.2. The van der Waals surface area contributed by atoms with Gasteiger partial charge < -0.3 is 4.74 Å². The van der Waals surface area contributed by atoms with Gasteiger partial charge in [0.15, 0.2) is 0 Å². The number of nitrogens with zero attached hydrogens (tertiary/aromatic N) is 2. The van der Waals surface area contributed by atoms with E-state index in [1.807, 2.05) is 38.1 Å². The molecular weight excluding hydrogens is 252 g/mol. The molecule has 2 aromatic heterocycles. The van der Waals surface area contributed by atoms with Crippen molar-refractivity contribution in [2.24, 2.45) is 0 Å². The average molecular weight is 270 g/mol. The maximum Gasteiger partial charge on any atom is 0.318 e. The molecule has 104 valence electrons. The molecule has 0 saturated carbocycles. The van der Waals surface area contributed by atoms with Gasteiger partial charge in [-0.2, -0.15) is 0 Å². The highest BCUT2D eigenvalue weighted by molar-refractivity contribution is 5.82. The van der Waals surface area contributed by atoms with Crippen LogP contribution in [-0.4, -0.2) is 22.5 Å². The minimum atomic E-state index is -0.475. The van der Waals surface area contributed by atoms with Crippen LogP contribution in [0.25, 0.3) is 0 Å². The van der Waals surface area contributed by atoms with Crippen LogP contribution < -0.4 is 0 Å². The van der Waals surface area contributed by atoms with Crippen molar-refractivity contribution in [1.29, 1.82) is 0 Å². The topological polar surface area (TPSA) is 52.1 Å². The lowest BCUT2D eigenvalue weighted by atomic mass is 9.89. The Labute approximate surface area is 118 Å². The Kier molecular flexibility index (Phi) is 4.45. The van der Waals surface area contributed by atoms with Gasteiger partial charge in [-0.05, 0) is 44.0 Å². The number of pyridine rings is 2. The van der Waals surface area contributed by atoms with Crippen molar-refractivity contribution in [3.63, 3.8) is 0 Å². The summed E-state index contributed by atoms with van der Waals surface area (Å²) in [5.74, 6) is -0.739. The van der Waals surface area contributed by atoms with Gasteiger partial charge in [-0.3, -0.25) is 14.8 Å². The van der Waals surface area contributed by atoms with Gasteiger partial charge in [0.2, 0.25) is 0 Å². The van der Waals surface area contributed by atoms with Gasteiger partial charge in [-0.25, -0.2) is 0 Å². The molecule has 0 radical (unpaired) electrons. The first-order valence-corrected chi connectivity index (χ1v) is 6.64. The summed E-state index contributed by atoms with van der Waals surface area (Å²) in [6.07, 6.45) is 3.44. The van der Waals surface area contributed by atoms with Crippen molar-refractivity contribution < 1.29 is 9.53 Å². The SMILES string of the molecule is CCOC(=O)C(c1cccnc1C)c1cccnc1C. The minimum Gasteiger partial charge on any atom is -0.465 e. The highest BCUT2D eigenvalue weighted by Gasteiger charge is 2.27. The number of hydrogen-bond acceptors (Lipinski definition) is 4. The summed E-state index contributed by atoms with van der Waals surface area (Å²) in [7, 11) is 0. The molecule has 0 N–H and O–H groups in total. The van der Waals surface area contributed by atoms with Gasteiger partial charge in [-0.1, -0.05) is 12.1 Å². The molecule has 4 nitrogen and oxygen atoms in total. The van der Waals surface area contributed by atoms with Crippen LogP contribution >= 0.6 is 0 Å². The molecule has 0 amide bonds. The number of ether oxygens (including phenoxy) is 1. The highest BCUT2D eigenvalue weighted by Crippen LogP contribution is 2.29. The third kappa shape index (κ3) is 2.85. The first-order valence-electron chi connectivity index (χ1n) is 6.64. The Morgan fingerprint density at radius 1 is 1.10 bits per heavy atom. The third-order valence-electron chi connectivity index (χ3n) is 3.24. The number of carbonyl (C=O) groups excluding carboxylic acids is 1. The maximum atomic E-state index is 12.4. The maximum absolute atomic E-state index is 12.4. The average Bonchev–Trinajstić information content (AvgIpc) is 2.43. The number of esters is 1. The predicted molar refractivity (Wildman–Crippen MR) is 76.4 cm³/mol. The zero-order chi connectivity index (χ0) is 14.5. The smallest absolute Gasteiger partial charge is 0.318 e. The normalized spacial score (nSPS) is 10.6. The van der Waals surface area contributed by atoms with E-state index in [9.17, 15) is 4.79 Å². The molecule has 0 bridgehead atoms. The Bertz CT molecular complexity index is 565. The summed E-state index contributed by atoms with van der Waals surface area (Å²) in [4.78, 5) is 20.9. The van der Waals surface area contributed by atoms with E-state index in [1.54, 1.807) is 19.3 Å². The van der Waals surface area contributed by atoms with E-state index < -0.39 is 5.92 Å². The van der Waals surface area contributed by atoms with Crippen LogP contribution in [0.5, 0.6) is 0 Å². The van der Waals surface area contributed by atoms with E-state index in [4.69, 9.17) is 4.74 Å². The largest absolute Gasteiger partial charge is 0.465 e. The van der Waals surface area contributed by atoms with E-state index in [2.05, 4.69) is 9.97 Å². The molecule has 0 aliphatic heterocycles. The van der Waals surface area contributed by atoms with E-state index in [1.165, 1.54) is 0 Å². The van der Waals surface area contributed by atoms with Crippen molar-refractivity contribution in [3.8, 4) is 0 Å². The summed E-state index contributed by atoms with van der Waals surface area (Å²) >= 11 is 0. The van der Waals surface area contributed by atoms with E-state index in [0.29, 0.717) is 6.61 Å². The molecular formula is C16H18N2O2. The molecule has 0 aliphatic rings. The zero-order valence-electron chi connectivity index (χ0n) is 12.0. The Morgan fingerprint density at radius 3 is 2.00 bits per heavy atom. The van der Waals surface area contributed by atoms with Crippen LogP contribution in [0.2, 0.25) is 0 Å². The van der Waals surface area contributed by atoms with E-state index in [-0.39, 0.29) is 5.97 Å². The molecule has 0 fully saturated rings. The molecule has 2 aromatic rings. The van der Waals surface area contributed by atoms with Crippen LogP contribution in [0.3, 0.4) is 0 Å². The Hall–Kier alpha value is -2.23. The number of hydrogen-bond donors (Lipinski definition) is 0. The molecule has 0 spiro atoms. The number of aryl methyl sites for hydroxylation is 2. The van der Waals surface area contributed by atoms with Crippen molar-refractivity contribution in [1.82, 2.24) is 9.97 Å². The lowest BCUT2D eigenvalue weighted by Crippen LogP contribution is -2.19. The lowest BCUT2D eigenvalue weighted by molar-refractivity contribution is -0.143. The van der Waals surface area contributed by atoms with Gasteiger partial charge >= 0.3 is 5.97 Å². The van der Waals surface area contributed by atoms with E-state index in [0.717, 1.165) is 22.5 Å². The Balaban J connectivity index is 2.54. The zero-order valence-corrected chi connectivity index (χ0v) is 12.0. The molecule has 20 heavy (non-hydrogen) atoms. The monoisotopic (exact) mass is 270 g/mol. The summed E-state index contributed by atoms with van der Waals surface area (Å²) in [6.45, 7) is 5.95. The van der Waals surface area contributed by atoms with Crippen molar-refractivity contribution in [2.75, 3.05) is 6.61 Å². The molecule has 0 aliphatic carbocycles. The highest BCUT2D eigenvalue weighted by atomic mass is 16.5. The molecule has 4 heteroatoms. The quantitative estimate of drug-likeness (QED) is 0.802. The summed E-state index contributed by atoms with van der Waals surface area (Å²) in [6, 6.07) is 7.49. The van der Waals surface area contributed by atoms with Crippen LogP contribution in [0.1, 0.15) is 35.4 Å². The van der Waals surface area contributed by atoms with Gasteiger partial charge in [0.25, 0.3) is 0 Å². The number of aromatic nitrogens is 2. The summed E-state index contributed by atoms with van der Waals surface area (Å²) in [5.41, 5.74) is 3.38. The van der Waals surface area contributed by atoms with Gasteiger partial charge in [0.05, 0.1) is 6.61 Å². The van der Waals surface area contributed by atoms with Crippen LogP contribution in [0.15, 0.2) is 36.7 Å². The Morgan fingerprint density at radius 2 is 1.60 bits per heavy atom. The van der Waals surface area contributed by atoms with Gasteiger partial charge in [-0.15, -0.1) is 0 Å². The number of rotatable bonds is 4. The fourth-order valence-electron chi connectivity index (χ4n) is 2.25. The van der Waals surface area contributed by atoms with Gasteiger partial charge in [0.1, 0.15) is 5.92 Å². The first-order chi connectivity index (χ1) is 9.65. The molecule has 0 saturated heterocycles. The van der Waals surface area contributed by atoms with Crippen molar-refractivity contribution in [2.45, 2.75) is 26.7 Å². The fraction of sp³-hybridized carbons (Fsp3) is 0.312. The van der Waals surface area contributed by atoms with Crippen LogP contribution in [0.4, 0.5) is 0 Å². The summed E-state index contributed by atoms with van der Waals surface area (Å²) in [5, 5.41) is 0. The standard InChI is InChI=1S/C16H18N2O2/c1-4-20-16(19)15(13-7-5-9-17-11(13)2)14-8-6-10-18-12(14)3/h5-10,15H,4H2,1-3H3. The second kappa shape index (κ2) is 6.28. The third-order valence-corrected chi connectivity index (χ3v) is 3.24. The van der Waals surface area contributed by atoms with Gasteiger partial charge in [0, 0.05) is 23.8 Å².